The van der Waals surface area contributed by atoms with Gasteiger partial charge in [-0.15, -0.1) is 10.2 Å². The highest BCUT2D eigenvalue weighted by molar-refractivity contribution is 7.99. The Bertz CT molecular complexity index is 1130. The summed E-state index contributed by atoms with van der Waals surface area (Å²) in [5.74, 6) is -0.405. The van der Waals surface area contributed by atoms with Crippen molar-refractivity contribution in [2.45, 2.75) is 16.6 Å². The van der Waals surface area contributed by atoms with E-state index in [1.807, 2.05) is 24.3 Å². The van der Waals surface area contributed by atoms with Crippen molar-refractivity contribution in [2.75, 3.05) is 31.6 Å². The first-order valence-corrected chi connectivity index (χ1v) is 10.8. The molecule has 0 atom stereocenters. The predicted molar refractivity (Wildman–Crippen MR) is 119 cm³/mol. The Morgan fingerprint density at radius 3 is 2.75 bits per heavy atom. The number of benzene rings is 2. The molecule has 0 unspecified atom stereocenters. The van der Waals surface area contributed by atoms with Gasteiger partial charge >= 0.3 is 0 Å². The Labute approximate surface area is 188 Å². The number of nitro benzene ring substituents is 1. The molecule has 10 nitrogen and oxygen atoms in total. The third kappa shape index (κ3) is 5.13. The molecule has 1 aliphatic heterocycles. The van der Waals surface area contributed by atoms with Crippen LogP contribution >= 0.6 is 11.8 Å². The second kappa shape index (κ2) is 9.90. The number of hydrogen-bond acceptors (Lipinski definition) is 8. The molecule has 0 radical (unpaired) electrons. The molecule has 0 bridgehead atoms. The van der Waals surface area contributed by atoms with Gasteiger partial charge in [0.1, 0.15) is 6.33 Å². The number of para-hydroxylation sites is 1. The van der Waals surface area contributed by atoms with Crippen LogP contribution in [0.3, 0.4) is 0 Å². The van der Waals surface area contributed by atoms with E-state index >= 15 is 0 Å². The number of morpholine rings is 1. The fourth-order valence-corrected chi connectivity index (χ4v) is 4.18. The highest BCUT2D eigenvalue weighted by Crippen LogP contribution is 2.34. The standard InChI is InChI=1S/C21H22N6O4S/c1-25-14-22-24-21(25)32-19-7-6-15(12-18(19)27(29)30)20(28)23-17-5-3-2-4-16(17)13-26-8-10-31-11-9-26/h2-7,12,14H,8-11,13H2,1H3,(H,23,28). The van der Waals surface area contributed by atoms with Crippen molar-refractivity contribution in [3.05, 3.63) is 70.0 Å². The van der Waals surface area contributed by atoms with Gasteiger partial charge in [0, 0.05) is 44.0 Å². The lowest BCUT2D eigenvalue weighted by molar-refractivity contribution is -0.387. The number of nitro groups is 1. The van der Waals surface area contributed by atoms with E-state index in [2.05, 4.69) is 20.4 Å². The minimum absolute atomic E-state index is 0.160. The van der Waals surface area contributed by atoms with Crippen LogP contribution < -0.4 is 5.32 Å². The summed E-state index contributed by atoms with van der Waals surface area (Å²) in [6.07, 6.45) is 1.52. The molecular weight excluding hydrogens is 432 g/mol. The van der Waals surface area contributed by atoms with Crippen LogP contribution in [0.15, 0.2) is 58.8 Å². The van der Waals surface area contributed by atoms with E-state index in [1.54, 1.807) is 23.7 Å². The summed E-state index contributed by atoms with van der Waals surface area (Å²) >= 11 is 1.12. The maximum Gasteiger partial charge on any atom is 0.284 e. The van der Waals surface area contributed by atoms with E-state index in [-0.39, 0.29) is 11.3 Å². The Hall–Kier alpha value is -3.28. The molecule has 4 rings (SSSR count). The van der Waals surface area contributed by atoms with Gasteiger partial charge in [0.25, 0.3) is 11.6 Å². The van der Waals surface area contributed by atoms with Crippen LogP contribution in [0.2, 0.25) is 0 Å². The van der Waals surface area contributed by atoms with E-state index in [0.717, 1.165) is 30.4 Å². The van der Waals surface area contributed by atoms with Crippen LogP contribution in [0.4, 0.5) is 11.4 Å². The molecule has 1 N–H and O–H groups in total. The molecule has 2 aromatic carbocycles. The van der Waals surface area contributed by atoms with Gasteiger partial charge in [-0.25, -0.2) is 0 Å². The number of nitrogens with zero attached hydrogens (tertiary/aromatic N) is 5. The third-order valence-corrected chi connectivity index (χ3v) is 6.17. The molecule has 1 fully saturated rings. The van der Waals surface area contributed by atoms with Crippen molar-refractivity contribution in [3.8, 4) is 0 Å². The zero-order chi connectivity index (χ0) is 22.5. The number of ether oxygens (including phenoxy) is 1. The zero-order valence-electron chi connectivity index (χ0n) is 17.4. The van der Waals surface area contributed by atoms with Crippen molar-refractivity contribution >= 4 is 29.0 Å². The second-order valence-corrected chi connectivity index (χ2v) is 8.27. The maximum atomic E-state index is 12.9. The molecule has 166 valence electrons. The van der Waals surface area contributed by atoms with E-state index in [9.17, 15) is 14.9 Å². The van der Waals surface area contributed by atoms with Gasteiger partial charge in [0.2, 0.25) is 0 Å². The number of aromatic nitrogens is 3. The zero-order valence-corrected chi connectivity index (χ0v) is 18.2. The molecular formula is C21H22N6O4S. The van der Waals surface area contributed by atoms with Crippen LogP contribution in [0.1, 0.15) is 15.9 Å². The third-order valence-electron chi connectivity index (χ3n) is 5.05. The van der Waals surface area contributed by atoms with E-state index < -0.39 is 10.8 Å². The fraction of sp³-hybridized carbons (Fsp3) is 0.286. The van der Waals surface area contributed by atoms with Crippen molar-refractivity contribution in [1.82, 2.24) is 19.7 Å². The summed E-state index contributed by atoms with van der Waals surface area (Å²) in [5, 5.41) is 22.8. The first-order valence-electron chi connectivity index (χ1n) is 10.0. The highest BCUT2D eigenvalue weighted by Gasteiger charge is 2.21. The summed E-state index contributed by atoms with van der Waals surface area (Å²) in [4.78, 5) is 26.7. The molecule has 0 spiro atoms. The number of amides is 1. The number of rotatable bonds is 7. The first-order chi connectivity index (χ1) is 15.5. The molecule has 1 saturated heterocycles. The summed E-state index contributed by atoms with van der Waals surface area (Å²) in [7, 11) is 1.75. The normalized spacial score (nSPS) is 14.3. The summed E-state index contributed by atoms with van der Waals surface area (Å²) < 4.78 is 7.06. The average Bonchev–Trinajstić information content (AvgIpc) is 3.20. The number of carbonyl (C=O) groups is 1. The van der Waals surface area contributed by atoms with Crippen LogP contribution in [0, 0.1) is 10.1 Å². The quantitative estimate of drug-likeness (QED) is 0.428. The molecule has 3 aromatic rings. The monoisotopic (exact) mass is 454 g/mol. The highest BCUT2D eigenvalue weighted by atomic mass is 32.2. The fourth-order valence-electron chi connectivity index (χ4n) is 3.33. The van der Waals surface area contributed by atoms with E-state index in [4.69, 9.17) is 4.74 Å². The topological polar surface area (TPSA) is 115 Å². The van der Waals surface area contributed by atoms with Gasteiger partial charge in [0.05, 0.1) is 23.0 Å². The van der Waals surface area contributed by atoms with Crippen LogP contribution in [0.25, 0.3) is 0 Å². The summed E-state index contributed by atoms with van der Waals surface area (Å²) in [5.41, 5.74) is 1.71. The van der Waals surface area contributed by atoms with E-state index in [0.29, 0.717) is 35.5 Å². The van der Waals surface area contributed by atoms with Crippen LogP contribution in [-0.4, -0.2) is 56.8 Å². The van der Waals surface area contributed by atoms with Crippen molar-refractivity contribution in [3.63, 3.8) is 0 Å². The number of nitrogens with one attached hydrogen (secondary N) is 1. The molecule has 0 aliphatic carbocycles. The van der Waals surface area contributed by atoms with Crippen LogP contribution in [0.5, 0.6) is 0 Å². The molecule has 32 heavy (non-hydrogen) atoms. The van der Waals surface area contributed by atoms with Gasteiger partial charge in [-0.1, -0.05) is 18.2 Å². The lowest BCUT2D eigenvalue weighted by atomic mass is 10.1. The Morgan fingerprint density at radius 2 is 2.03 bits per heavy atom. The number of anilines is 1. The SMILES string of the molecule is Cn1cnnc1Sc1ccc(C(=O)Nc2ccccc2CN2CCOCC2)cc1[N+](=O)[O-]. The Balaban J connectivity index is 1.53. The van der Waals surface area contributed by atoms with Gasteiger partial charge < -0.3 is 14.6 Å². The van der Waals surface area contributed by atoms with Gasteiger partial charge in [0.15, 0.2) is 5.16 Å². The predicted octanol–water partition coefficient (Wildman–Crippen LogP) is 2.96. The summed E-state index contributed by atoms with van der Waals surface area (Å²) in [6.45, 7) is 3.74. The summed E-state index contributed by atoms with van der Waals surface area (Å²) in [6, 6.07) is 12.0. The molecule has 11 heteroatoms. The largest absolute Gasteiger partial charge is 0.379 e. The average molecular weight is 455 g/mol. The molecule has 1 amide bonds. The van der Waals surface area contributed by atoms with Gasteiger partial charge in [-0.2, -0.15) is 0 Å². The minimum atomic E-state index is -0.498. The van der Waals surface area contributed by atoms with Gasteiger partial charge in [-0.05, 0) is 35.5 Å². The van der Waals surface area contributed by atoms with Crippen molar-refractivity contribution in [1.29, 1.82) is 0 Å². The maximum absolute atomic E-state index is 12.9. The molecule has 1 aliphatic rings. The lowest BCUT2D eigenvalue weighted by Crippen LogP contribution is -2.35. The molecule has 1 aromatic heterocycles. The number of aryl methyl sites for hydroxylation is 1. The Morgan fingerprint density at radius 1 is 1.25 bits per heavy atom. The first kappa shape index (κ1) is 21.9. The lowest BCUT2D eigenvalue weighted by Gasteiger charge is -2.27. The minimum Gasteiger partial charge on any atom is -0.379 e. The van der Waals surface area contributed by atoms with Crippen molar-refractivity contribution < 1.29 is 14.5 Å². The van der Waals surface area contributed by atoms with E-state index in [1.165, 1.54) is 12.4 Å². The Kier molecular flexibility index (Phi) is 6.78. The second-order valence-electron chi connectivity index (χ2n) is 7.27. The van der Waals surface area contributed by atoms with Crippen molar-refractivity contribution in [2.24, 2.45) is 7.05 Å². The van der Waals surface area contributed by atoms with Gasteiger partial charge in [-0.3, -0.25) is 19.8 Å². The molecule has 0 saturated carbocycles. The molecule has 2 heterocycles. The smallest absolute Gasteiger partial charge is 0.284 e. The van der Waals surface area contributed by atoms with Crippen LogP contribution in [-0.2, 0) is 18.3 Å². The number of carbonyl (C=O) groups excluding carboxylic acids is 1. The number of hydrogen-bond donors (Lipinski definition) is 1.